The number of ether oxygens (including phenoxy) is 3. The molecule has 0 aliphatic heterocycles. The highest BCUT2D eigenvalue weighted by Gasteiger charge is 2.29. The Kier molecular flexibility index (Phi) is 5.62. The van der Waals surface area contributed by atoms with Crippen molar-refractivity contribution in [3.8, 4) is 11.5 Å². The first-order valence-electron chi connectivity index (χ1n) is 6.83. The van der Waals surface area contributed by atoms with Gasteiger partial charge < -0.3 is 14.2 Å². The van der Waals surface area contributed by atoms with E-state index in [4.69, 9.17) is 0 Å². The maximum absolute atomic E-state index is 13.9. The number of hydrogen-bond acceptors (Lipinski definition) is 5. The van der Waals surface area contributed by atoms with Crippen LogP contribution in [0.15, 0.2) is 12.1 Å². The zero-order chi connectivity index (χ0) is 20.5. The van der Waals surface area contributed by atoms with Crippen LogP contribution in [0.5, 0.6) is 11.5 Å². The molecule has 0 spiro atoms. The first-order valence-corrected chi connectivity index (χ1v) is 6.83. The quantitative estimate of drug-likeness (QED) is 0.344. The summed E-state index contributed by atoms with van der Waals surface area (Å²) in [5.74, 6) is -16.9. The summed E-state index contributed by atoms with van der Waals surface area (Å²) in [7, 11) is 1.62. The van der Waals surface area contributed by atoms with E-state index in [0.29, 0.717) is 0 Å². The third-order valence-corrected chi connectivity index (χ3v) is 3.26. The molecule has 0 fully saturated rings. The molecule has 0 aliphatic carbocycles. The van der Waals surface area contributed by atoms with Gasteiger partial charge in [-0.15, -0.1) is 0 Å². The molecular weight excluding hydrogens is 386 g/mol. The topological polar surface area (TPSA) is 61.8 Å². The number of benzene rings is 2. The predicted octanol–water partition coefficient (Wildman–Crippen LogP) is 3.54. The molecule has 2 aromatic carbocycles. The van der Waals surface area contributed by atoms with Gasteiger partial charge in [-0.3, -0.25) is 0 Å². The summed E-state index contributed by atoms with van der Waals surface area (Å²) < 4.78 is 95.1. The fourth-order valence-corrected chi connectivity index (χ4v) is 2.01. The molecular formula is C16H8F6O5. The zero-order valence-electron chi connectivity index (χ0n) is 13.5. The molecule has 0 aliphatic rings. The molecule has 2 rings (SSSR count). The monoisotopic (exact) mass is 394 g/mol. The molecule has 11 heteroatoms. The molecule has 0 atom stereocenters. The summed E-state index contributed by atoms with van der Waals surface area (Å²) in [6.07, 6.45) is 0. The molecule has 144 valence electrons. The van der Waals surface area contributed by atoms with Crippen molar-refractivity contribution in [2.24, 2.45) is 0 Å². The Hall–Kier alpha value is -3.24. The van der Waals surface area contributed by atoms with Crippen LogP contribution >= 0.6 is 0 Å². The number of halogens is 6. The predicted molar refractivity (Wildman–Crippen MR) is 75.5 cm³/mol. The van der Waals surface area contributed by atoms with Gasteiger partial charge in [0.1, 0.15) is 16.9 Å². The number of carbonyl (C=O) groups excluding carboxylic acids is 2. The van der Waals surface area contributed by atoms with Crippen molar-refractivity contribution in [3.63, 3.8) is 0 Å². The molecule has 0 radical (unpaired) electrons. The van der Waals surface area contributed by atoms with Crippen molar-refractivity contribution < 1.29 is 50.1 Å². The van der Waals surface area contributed by atoms with Gasteiger partial charge in [-0.05, 0) is 6.07 Å². The van der Waals surface area contributed by atoms with Crippen molar-refractivity contribution >= 4 is 11.9 Å². The van der Waals surface area contributed by atoms with Crippen LogP contribution in [0.4, 0.5) is 26.3 Å². The molecule has 2 aromatic rings. The summed E-state index contributed by atoms with van der Waals surface area (Å²) in [6.45, 7) is 0. The van der Waals surface area contributed by atoms with E-state index < -0.39 is 69.5 Å². The average Bonchev–Trinajstić information content (AvgIpc) is 2.62. The van der Waals surface area contributed by atoms with E-state index in [2.05, 4.69) is 14.2 Å². The van der Waals surface area contributed by atoms with Gasteiger partial charge in [0, 0.05) is 6.07 Å². The number of carbonyl (C=O) groups is 2. The second-order valence-corrected chi connectivity index (χ2v) is 4.81. The SMILES string of the molecule is COC(=O)c1c(F)cc(OC(=O)c2cc(F)c(OC)c(F)c2F)c(F)c1F. The van der Waals surface area contributed by atoms with E-state index in [0.717, 1.165) is 14.2 Å². The Balaban J connectivity index is 2.47. The van der Waals surface area contributed by atoms with Crippen molar-refractivity contribution in [1.82, 2.24) is 0 Å². The Morgan fingerprint density at radius 2 is 1.41 bits per heavy atom. The number of rotatable bonds is 4. The fourth-order valence-electron chi connectivity index (χ4n) is 2.01. The van der Waals surface area contributed by atoms with Crippen LogP contribution in [0.2, 0.25) is 0 Å². The van der Waals surface area contributed by atoms with Gasteiger partial charge in [0.25, 0.3) is 0 Å². The Bertz CT molecular complexity index is 944. The van der Waals surface area contributed by atoms with E-state index >= 15 is 0 Å². The number of esters is 2. The van der Waals surface area contributed by atoms with Gasteiger partial charge in [-0.1, -0.05) is 0 Å². The van der Waals surface area contributed by atoms with E-state index in [1.165, 1.54) is 0 Å². The van der Waals surface area contributed by atoms with Gasteiger partial charge in [0.05, 0.1) is 14.2 Å². The van der Waals surface area contributed by atoms with Crippen molar-refractivity contribution in [2.45, 2.75) is 0 Å². The second kappa shape index (κ2) is 7.56. The summed E-state index contributed by atoms with van der Waals surface area (Å²) in [6, 6.07) is 0.295. The molecule has 0 amide bonds. The molecule has 0 N–H and O–H groups in total. The number of hydrogen-bond donors (Lipinski definition) is 0. The normalized spacial score (nSPS) is 10.5. The molecule has 5 nitrogen and oxygen atoms in total. The van der Waals surface area contributed by atoms with Gasteiger partial charge in [-0.25, -0.2) is 27.2 Å². The largest absolute Gasteiger partial charge is 0.491 e. The van der Waals surface area contributed by atoms with E-state index in [9.17, 15) is 35.9 Å². The van der Waals surface area contributed by atoms with Crippen molar-refractivity contribution in [3.05, 3.63) is 58.2 Å². The first kappa shape index (κ1) is 20.1. The van der Waals surface area contributed by atoms with Crippen LogP contribution in [0, 0.1) is 34.9 Å². The van der Waals surface area contributed by atoms with Crippen LogP contribution in [0.25, 0.3) is 0 Å². The molecule has 27 heavy (non-hydrogen) atoms. The maximum atomic E-state index is 13.9. The summed E-state index contributed by atoms with van der Waals surface area (Å²) in [5.41, 5.74) is -2.73. The third kappa shape index (κ3) is 3.52. The van der Waals surface area contributed by atoms with Crippen LogP contribution in [-0.4, -0.2) is 26.2 Å². The molecule has 0 unspecified atom stereocenters. The minimum Gasteiger partial charge on any atom is -0.491 e. The van der Waals surface area contributed by atoms with Crippen molar-refractivity contribution in [2.75, 3.05) is 14.2 Å². The minimum atomic E-state index is -2.04. The molecule has 0 saturated heterocycles. The van der Waals surface area contributed by atoms with Gasteiger partial charge in [0.15, 0.2) is 29.0 Å². The molecule has 0 aromatic heterocycles. The van der Waals surface area contributed by atoms with Gasteiger partial charge in [0.2, 0.25) is 11.6 Å². The zero-order valence-corrected chi connectivity index (χ0v) is 13.5. The second-order valence-electron chi connectivity index (χ2n) is 4.81. The van der Waals surface area contributed by atoms with E-state index in [-0.39, 0.29) is 12.1 Å². The standard InChI is InChI=1S/C16H8F6O5/c1-25-14-7(18)3-5(10(19)13(14)22)15(23)27-8-4-6(17)9(16(24)26-2)12(21)11(8)20/h3-4H,1-2H3. The van der Waals surface area contributed by atoms with Gasteiger partial charge in [-0.2, -0.15) is 8.78 Å². The summed E-state index contributed by atoms with van der Waals surface area (Å²) >= 11 is 0. The lowest BCUT2D eigenvalue weighted by molar-refractivity contribution is 0.0588. The lowest BCUT2D eigenvalue weighted by Crippen LogP contribution is -2.16. The maximum Gasteiger partial charge on any atom is 0.346 e. The lowest BCUT2D eigenvalue weighted by Gasteiger charge is -2.11. The summed E-state index contributed by atoms with van der Waals surface area (Å²) in [4.78, 5) is 23.1. The highest BCUT2D eigenvalue weighted by molar-refractivity contribution is 5.92. The smallest absolute Gasteiger partial charge is 0.346 e. The average molecular weight is 394 g/mol. The van der Waals surface area contributed by atoms with Crippen LogP contribution < -0.4 is 9.47 Å². The van der Waals surface area contributed by atoms with Crippen LogP contribution in [0.1, 0.15) is 20.7 Å². The van der Waals surface area contributed by atoms with E-state index in [1.807, 2.05) is 0 Å². The van der Waals surface area contributed by atoms with Crippen LogP contribution in [-0.2, 0) is 4.74 Å². The Morgan fingerprint density at radius 1 is 0.778 bits per heavy atom. The Labute approximate surface area is 147 Å². The van der Waals surface area contributed by atoms with Crippen LogP contribution in [0.3, 0.4) is 0 Å². The Morgan fingerprint density at radius 3 is 1.96 bits per heavy atom. The van der Waals surface area contributed by atoms with E-state index in [1.54, 1.807) is 0 Å². The van der Waals surface area contributed by atoms with Gasteiger partial charge >= 0.3 is 11.9 Å². The summed E-state index contributed by atoms with van der Waals surface area (Å²) in [5, 5.41) is 0. The minimum absolute atomic E-state index is 0.108. The molecule has 0 heterocycles. The third-order valence-electron chi connectivity index (χ3n) is 3.26. The fraction of sp³-hybridized carbons (Fsp3) is 0.125. The number of methoxy groups -OCH3 is 2. The highest BCUT2D eigenvalue weighted by Crippen LogP contribution is 2.30. The van der Waals surface area contributed by atoms with Crippen molar-refractivity contribution in [1.29, 1.82) is 0 Å². The highest BCUT2D eigenvalue weighted by atomic mass is 19.2. The molecule has 0 saturated carbocycles. The lowest BCUT2D eigenvalue weighted by atomic mass is 10.1. The first-order chi connectivity index (χ1) is 12.6. The molecule has 0 bridgehead atoms.